The molecule has 1 saturated heterocycles. The maximum atomic E-state index is 5.73. The van der Waals surface area contributed by atoms with Crippen LogP contribution in [0.1, 0.15) is 6.42 Å². The highest BCUT2D eigenvalue weighted by Gasteiger charge is 2.17. The third-order valence-electron chi connectivity index (χ3n) is 2.75. The van der Waals surface area contributed by atoms with Crippen LogP contribution in [0.5, 0.6) is 5.75 Å². The minimum atomic E-state index is 0.460. The van der Waals surface area contributed by atoms with Gasteiger partial charge in [0.1, 0.15) is 6.33 Å². The summed E-state index contributed by atoms with van der Waals surface area (Å²) in [7, 11) is 0. The molecule has 0 saturated carbocycles. The van der Waals surface area contributed by atoms with E-state index in [1.807, 2.05) is 0 Å². The minimum absolute atomic E-state index is 0.460. The zero-order chi connectivity index (χ0) is 11.7. The lowest BCUT2D eigenvalue weighted by Crippen LogP contribution is -2.12. The Morgan fingerprint density at radius 1 is 1.59 bits per heavy atom. The summed E-state index contributed by atoms with van der Waals surface area (Å²) in [5.41, 5.74) is 0.672. The van der Waals surface area contributed by atoms with Crippen LogP contribution >= 0.6 is 15.9 Å². The van der Waals surface area contributed by atoms with Gasteiger partial charge in [0.05, 0.1) is 19.4 Å². The van der Waals surface area contributed by atoms with Crippen LogP contribution in [0, 0.1) is 5.92 Å². The standard InChI is InChI=1S/C10H11BrN4O2/c11-10-12-3-8(9-14-13-6-15(9)10)17-5-7-1-2-16-4-7/h3,6-7H,1-2,4-5H2. The first-order valence-corrected chi connectivity index (χ1v) is 6.18. The van der Waals surface area contributed by atoms with E-state index in [-0.39, 0.29) is 0 Å². The summed E-state index contributed by atoms with van der Waals surface area (Å²) in [4.78, 5) is 4.17. The van der Waals surface area contributed by atoms with Crippen molar-refractivity contribution in [2.24, 2.45) is 5.92 Å². The second-order valence-electron chi connectivity index (χ2n) is 3.96. The molecule has 1 unspecified atom stereocenters. The molecule has 0 amide bonds. The quantitative estimate of drug-likeness (QED) is 0.800. The molecule has 0 spiro atoms. The maximum absolute atomic E-state index is 5.73. The van der Waals surface area contributed by atoms with Crippen molar-refractivity contribution < 1.29 is 9.47 Å². The van der Waals surface area contributed by atoms with Gasteiger partial charge in [-0.15, -0.1) is 10.2 Å². The van der Waals surface area contributed by atoms with E-state index in [0.717, 1.165) is 19.6 Å². The van der Waals surface area contributed by atoms with Gasteiger partial charge in [0, 0.05) is 12.5 Å². The van der Waals surface area contributed by atoms with Gasteiger partial charge in [-0.1, -0.05) is 0 Å². The van der Waals surface area contributed by atoms with E-state index in [2.05, 4.69) is 31.1 Å². The van der Waals surface area contributed by atoms with Crippen LogP contribution in [-0.4, -0.2) is 39.4 Å². The lowest BCUT2D eigenvalue weighted by molar-refractivity contribution is 0.167. The van der Waals surface area contributed by atoms with E-state index < -0.39 is 0 Å². The molecule has 1 fully saturated rings. The SMILES string of the molecule is Brc1ncc(OCC2CCOC2)c2nncn12. The molecule has 1 atom stereocenters. The van der Waals surface area contributed by atoms with Crippen LogP contribution in [-0.2, 0) is 4.74 Å². The highest BCUT2D eigenvalue weighted by molar-refractivity contribution is 9.10. The number of hydrogen-bond donors (Lipinski definition) is 0. The number of ether oxygens (including phenoxy) is 2. The summed E-state index contributed by atoms with van der Waals surface area (Å²) in [6.45, 7) is 2.23. The number of hydrogen-bond acceptors (Lipinski definition) is 5. The molecular formula is C10H11BrN4O2. The highest BCUT2D eigenvalue weighted by atomic mass is 79.9. The molecule has 1 aliphatic rings. The van der Waals surface area contributed by atoms with Crippen LogP contribution in [0.2, 0.25) is 0 Å². The smallest absolute Gasteiger partial charge is 0.206 e. The van der Waals surface area contributed by atoms with Crippen LogP contribution in [0.15, 0.2) is 17.3 Å². The van der Waals surface area contributed by atoms with Crippen LogP contribution in [0.25, 0.3) is 5.65 Å². The van der Waals surface area contributed by atoms with Gasteiger partial charge in [-0.05, 0) is 22.4 Å². The lowest BCUT2D eigenvalue weighted by Gasteiger charge is -2.10. The molecule has 0 radical (unpaired) electrons. The molecule has 3 heterocycles. The Hall–Kier alpha value is -1.21. The van der Waals surface area contributed by atoms with Crippen molar-refractivity contribution in [3.8, 4) is 5.75 Å². The summed E-state index contributed by atoms with van der Waals surface area (Å²) >= 11 is 3.32. The van der Waals surface area contributed by atoms with Crippen molar-refractivity contribution >= 4 is 21.6 Å². The summed E-state index contributed by atoms with van der Waals surface area (Å²) in [5, 5.41) is 7.85. The van der Waals surface area contributed by atoms with E-state index in [4.69, 9.17) is 9.47 Å². The average Bonchev–Trinajstić information content (AvgIpc) is 2.99. The average molecular weight is 299 g/mol. The molecular weight excluding hydrogens is 288 g/mol. The molecule has 0 bridgehead atoms. The molecule has 90 valence electrons. The number of fused-ring (bicyclic) bond motifs is 1. The van der Waals surface area contributed by atoms with E-state index >= 15 is 0 Å². The Labute approximate surface area is 106 Å². The number of rotatable bonds is 3. The molecule has 6 nitrogen and oxygen atoms in total. The molecule has 7 heteroatoms. The van der Waals surface area contributed by atoms with Crippen molar-refractivity contribution in [2.45, 2.75) is 6.42 Å². The van der Waals surface area contributed by atoms with Crippen LogP contribution in [0.4, 0.5) is 0 Å². The van der Waals surface area contributed by atoms with Gasteiger partial charge in [-0.2, -0.15) is 0 Å². The molecule has 1 aliphatic heterocycles. The number of aromatic nitrogens is 4. The first kappa shape index (κ1) is 10.9. The fraction of sp³-hybridized carbons (Fsp3) is 0.500. The Kier molecular flexibility index (Phi) is 2.94. The second-order valence-corrected chi connectivity index (χ2v) is 4.67. The second kappa shape index (κ2) is 4.58. The predicted octanol–water partition coefficient (Wildman–Crippen LogP) is 1.30. The summed E-state index contributed by atoms with van der Waals surface area (Å²) in [6, 6.07) is 0. The molecule has 0 aromatic carbocycles. The van der Waals surface area contributed by atoms with E-state index in [0.29, 0.717) is 28.7 Å². The minimum Gasteiger partial charge on any atom is -0.488 e. The molecule has 17 heavy (non-hydrogen) atoms. The van der Waals surface area contributed by atoms with E-state index in [9.17, 15) is 0 Å². The lowest BCUT2D eigenvalue weighted by atomic mass is 10.1. The molecule has 3 rings (SSSR count). The van der Waals surface area contributed by atoms with Gasteiger partial charge in [0.25, 0.3) is 0 Å². The largest absolute Gasteiger partial charge is 0.488 e. The highest BCUT2D eigenvalue weighted by Crippen LogP contribution is 2.21. The zero-order valence-electron chi connectivity index (χ0n) is 9.04. The first-order chi connectivity index (χ1) is 8.34. The zero-order valence-corrected chi connectivity index (χ0v) is 10.6. The topological polar surface area (TPSA) is 61.5 Å². The van der Waals surface area contributed by atoms with Gasteiger partial charge in [-0.25, -0.2) is 4.98 Å². The van der Waals surface area contributed by atoms with E-state index in [1.54, 1.807) is 16.9 Å². The van der Waals surface area contributed by atoms with Gasteiger partial charge in [0.2, 0.25) is 5.65 Å². The van der Waals surface area contributed by atoms with Gasteiger partial charge in [0.15, 0.2) is 10.5 Å². The first-order valence-electron chi connectivity index (χ1n) is 5.39. The third kappa shape index (κ3) is 2.12. The van der Waals surface area contributed by atoms with Crippen molar-refractivity contribution in [1.29, 1.82) is 0 Å². The van der Waals surface area contributed by atoms with Crippen LogP contribution in [0.3, 0.4) is 0 Å². The number of nitrogens with zero attached hydrogens (tertiary/aromatic N) is 4. The third-order valence-corrected chi connectivity index (χ3v) is 3.34. The van der Waals surface area contributed by atoms with Crippen molar-refractivity contribution in [2.75, 3.05) is 19.8 Å². The van der Waals surface area contributed by atoms with Crippen molar-refractivity contribution in [3.05, 3.63) is 17.3 Å². The summed E-state index contributed by atoms with van der Waals surface area (Å²) < 4.78 is 13.4. The van der Waals surface area contributed by atoms with Crippen LogP contribution < -0.4 is 4.74 Å². The summed E-state index contributed by atoms with van der Waals surface area (Å²) in [6.07, 6.45) is 4.30. The Bertz CT molecular complexity index is 524. The van der Waals surface area contributed by atoms with Gasteiger partial charge in [-0.3, -0.25) is 4.40 Å². The fourth-order valence-electron chi connectivity index (χ4n) is 1.79. The molecule has 2 aromatic heterocycles. The van der Waals surface area contributed by atoms with Gasteiger partial charge >= 0.3 is 0 Å². The van der Waals surface area contributed by atoms with Crippen molar-refractivity contribution in [3.63, 3.8) is 0 Å². The predicted molar refractivity (Wildman–Crippen MR) is 62.9 cm³/mol. The summed E-state index contributed by atoms with van der Waals surface area (Å²) in [5.74, 6) is 1.11. The number of halogens is 1. The Morgan fingerprint density at radius 2 is 2.53 bits per heavy atom. The van der Waals surface area contributed by atoms with E-state index in [1.165, 1.54) is 0 Å². The molecule has 2 aromatic rings. The van der Waals surface area contributed by atoms with Crippen molar-refractivity contribution in [1.82, 2.24) is 19.6 Å². The Balaban J connectivity index is 1.80. The fourth-order valence-corrected chi connectivity index (χ4v) is 2.16. The normalized spacial score (nSPS) is 19.9. The Morgan fingerprint density at radius 3 is 3.35 bits per heavy atom. The van der Waals surface area contributed by atoms with Gasteiger partial charge < -0.3 is 9.47 Å². The maximum Gasteiger partial charge on any atom is 0.206 e. The molecule has 0 aliphatic carbocycles. The monoisotopic (exact) mass is 298 g/mol. The molecule has 0 N–H and O–H groups in total.